The van der Waals surface area contributed by atoms with Gasteiger partial charge in [-0.1, -0.05) is 109 Å². The first-order valence-corrected chi connectivity index (χ1v) is 16.2. The molecule has 1 aliphatic rings. The number of furan rings is 1. The Morgan fingerprint density at radius 2 is 1.09 bits per heavy atom. The van der Waals surface area contributed by atoms with Crippen molar-refractivity contribution in [2.24, 2.45) is 0 Å². The van der Waals surface area contributed by atoms with Gasteiger partial charge in [0.15, 0.2) is 5.58 Å². The van der Waals surface area contributed by atoms with Crippen LogP contribution in [-0.4, -0.2) is 18.3 Å². The Labute approximate surface area is 276 Å². The lowest BCUT2D eigenvalue weighted by Crippen LogP contribution is -2.41. The van der Waals surface area contributed by atoms with Gasteiger partial charge in [-0.15, -0.1) is 0 Å². The Morgan fingerprint density at radius 1 is 0.511 bits per heavy atom. The second kappa shape index (κ2) is 11.3. The molecule has 7 aromatic rings. The van der Waals surface area contributed by atoms with Crippen molar-refractivity contribution in [3.63, 3.8) is 0 Å². The van der Waals surface area contributed by atoms with Crippen molar-refractivity contribution in [3.05, 3.63) is 146 Å². The number of fused-ring (bicyclic) bond motifs is 3. The van der Waals surface area contributed by atoms with Gasteiger partial charge in [0.05, 0.1) is 16.9 Å². The largest absolute Gasteiger partial charge is 0.495 e. The Balaban J connectivity index is 1.41. The van der Waals surface area contributed by atoms with E-state index < -0.39 is 18.3 Å². The third-order valence-corrected chi connectivity index (χ3v) is 9.72. The SMILES string of the molecule is CC1(C)OB(c2cccc3oc4c(N(c5ccccc5)c5cccc(-c6ccccc6)c5)ccc(-c5ccccc5)c4c23)OC1(C)C. The van der Waals surface area contributed by atoms with Crippen LogP contribution in [0.2, 0.25) is 0 Å². The third kappa shape index (κ3) is 5.03. The van der Waals surface area contributed by atoms with Gasteiger partial charge in [-0.25, -0.2) is 0 Å². The average Bonchev–Trinajstić information content (AvgIpc) is 3.59. The molecule has 1 saturated heterocycles. The Kier molecular flexibility index (Phi) is 7.05. The van der Waals surface area contributed by atoms with Crippen LogP contribution in [0.5, 0.6) is 0 Å². The Bertz CT molecular complexity index is 2190. The lowest BCUT2D eigenvalue weighted by molar-refractivity contribution is 0.00578. The van der Waals surface area contributed by atoms with Crippen molar-refractivity contribution in [2.75, 3.05) is 4.90 Å². The number of hydrogen-bond acceptors (Lipinski definition) is 4. The van der Waals surface area contributed by atoms with Crippen LogP contribution in [0.15, 0.2) is 150 Å². The summed E-state index contributed by atoms with van der Waals surface area (Å²) < 4.78 is 20.2. The van der Waals surface area contributed by atoms with E-state index in [4.69, 9.17) is 13.7 Å². The third-order valence-electron chi connectivity index (χ3n) is 9.72. The molecule has 0 N–H and O–H groups in total. The van der Waals surface area contributed by atoms with Crippen LogP contribution in [0.4, 0.5) is 17.1 Å². The number of para-hydroxylation sites is 1. The van der Waals surface area contributed by atoms with Gasteiger partial charge in [0.2, 0.25) is 0 Å². The van der Waals surface area contributed by atoms with Crippen LogP contribution >= 0.6 is 0 Å². The Hall–Kier alpha value is -5.10. The maximum Gasteiger partial charge on any atom is 0.495 e. The normalized spacial score (nSPS) is 15.4. The van der Waals surface area contributed by atoms with Gasteiger partial charge in [0.25, 0.3) is 0 Å². The zero-order valence-corrected chi connectivity index (χ0v) is 27.1. The number of anilines is 3. The summed E-state index contributed by atoms with van der Waals surface area (Å²) in [6, 6.07) is 50.8. The standard InChI is InChI=1S/C42H36BNO3/c1-41(2)42(3,4)47-43(46-41)35-24-15-25-37-39(35)38-34(30-18-10-6-11-19-30)26-27-36(40(38)45-37)44(32-21-12-7-13-22-32)33-23-14-20-31(28-33)29-16-8-5-9-17-29/h5-28H,1-4H3. The van der Waals surface area contributed by atoms with E-state index in [1.165, 1.54) is 5.56 Å². The van der Waals surface area contributed by atoms with Gasteiger partial charge >= 0.3 is 7.12 Å². The van der Waals surface area contributed by atoms with Crippen molar-refractivity contribution >= 4 is 51.6 Å². The minimum absolute atomic E-state index is 0.472. The highest BCUT2D eigenvalue weighted by atomic mass is 16.7. The minimum Gasteiger partial charge on any atom is -0.454 e. The molecule has 1 aromatic heterocycles. The molecule has 0 amide bonds. The van der Waals surface area contributed by atoms with E-state index in [2.05, 4.69) is 154 Å². The molecule has 8 rings (SSSR count). The van der Waals surface area contributed by atoms with Crippen molar-refractivity contribution in [3.8, 4) is 22.3 Å². The van der Waals surface area contributed by atoms with Crippen LogP contribution in [0.25, 0.3) is 44.2 Å². The molecule has 0 aliphatic carbocycles. The van der Waals surface area contributed by atoms with E-state index in [1.807, 2.05) is 24.3 Å². The van der Waals surface area contributed by atoms with Crippen LogP contribution < -0.4 is 10.4 Å². The molecule has 0 radical (unpaired) electrons. The topological polar surface area (TPSA) is 34.8 Å². The van der Waals surface area contributed by atoms with Gasteiger partial charge in [-0.2, -0.15) is 0 Å². The van der Waals surface area contributed by atoms with E-state index in [0.717, 1.165) is 61.2 Å². The summed E-state index contributed by atoms with van der Waals surface area (Å²) in [7, 11) is -0.537. The summed E-state index contributed by atoms with van der Waals surface area (Å²) in [6.45, 7) is 8.37. The second-order valence-corrected chi connectivity index (χ2v) is 13.2. The maximum atomic E-state index is 6.94. The van der Waals surface area contributed by atoms with E-state index in [9.17, 15) is 0 Å². The van der Waals surface area contributed by atoms with Crippen LogP contribution in [0, 0.1) is 0 Å². The summed E-state index contributed by atoms with van der Waals surface area (Å²) in [4.78, 5) is 2.29. The average molecular weight is 614 g/mol. The molecule has 1 fully saturated rings. The van der Waals surface area contributed by atoms with Crippen molar-refractivity contribution in [1.82, 2.24) is 0 Å². The molecule has 0 bridgehead atoms. The number of nitrogens with zero attached hydrogens (tertiary/aromatic N) is 1. The number of hydrogen-bond donors (Lipinski definition) is 0. The van der Waals surface area contributed by atoms with Crippen molar-refractivity contribution in [2.45, 2.75) is 38.9 Å². The quantitative estimate of drug-likeness (QED) is 0.175. The molecule has 0 spiro atoms. The zero-order chi connectivity index (χ0) is 32.2. The highest BCUT2D eigenvalue weighted by Crippen LogP contribution is 2.46. The smallest absolute Gasteiger partial charge is 0.454 e. The number of benzene rings is 6. The van der Waals surface area contributed by atoms with Crippen molar-refractivity contribution in [1.29, 1.82) is 0 Å². The fraction of sp³-hybridized carbons (Fsp3) is 0.143. The van der Waals surface area contributed by atoms with Gasteiger partial charge in [-0.3, -0.25) is 0 Å². The van der Waals surface area contributed by atoms with Crippen molar-refractivity contribution < 1.29 is 13.7 Å². The fourth-order valence-electron chi connectivity index (χ4n) is 6.59. The second-order valence-electron chi connectivity index (χ2n) is 13.2. The van der Waals surface area contributed by atoms with E-state index in [0.29, 0.717) is 0 Å². The van der Waals surface area contributed by atoms with Gasteiger partial charge < -0.3 is 18.6 Å². The van der Waals surface area contributed by atoms with E-state index in [-0.39, 0.29) is 0 Å². The van der Waals surface area contributed by atoms with E-state index >= 15 is 0 Å². The van der Waals surface area contributed by atoms with Gasteiger partial charge in [0, 0.05) is 22.1 Å². The monoisotopic (exact) mass is 613 g/mol. The summed E-state index contributed by atoms with van der Waals surface area (Å²) in [5.41, 5.74) is 9.18. The molecule has 2 heterocycles. The molecular formula is C42H36BNO3. The molecule has 1 aliphatic heterocycles. The number of rotatable bonds is 6. The highest BCUT2D eigenvalue weighted by molar-refractivity contribution is 6.66. The first-order valence-electron chi connectivity index (χ1n) is 16.2. The zero-order valence-electron chi connectivity index (χ0n) is 27.1. The molecule has 5 heteroatoms. The first kappa shape index (κ1) is 29.3. The van der Waals surface area contributed by atoms with E-state index in [1.54, 1.807) is 0 Å². The molecule has 6 aromatic carbocycles. The molecule has 230 valence electrons. The highest BCUT2D eigenvalue weighted by Gasteiger charge is 2.52. The summed E-state index contributed by atoms with van der Waals surface area (Å²) in [5, 5.41) is 2.04. The molecule has 4 nitrogen and oxygen atoms in total. The summed E-state index contributed by atoms with van der Waals surface area (Å²) >= 11 is 0. The fourth-order valence-corrected chi connectivity index (χ4v) is 6.59. The summed E-state index contributed by atoms with van der Waals surface area (Å²) in [6.07, 6.45) is 0. The molecule has 0 unspecified atom stereocenters. The lowest BCUT2D eigenvalue weighted by Gasteiger charge is -2.32. The van der Waals surface area contributed by atoms with Crippen LogP contribution in [0.3, 0.4) is 0 Å². The van der Waals surface area contributed by atoms with Crippen LogP contribution in [-0.2, 0) is 9.31 Å². The van der Waals surface area contributed by atoms with Gasteiger partial charge in [-0.05, 0) is 91.8 Å². The molecule has 47 heavy (non-hydrogen) atoms. The molecule has 0 atom stereocenters. The molecule has 0 saturated carbocycles. The van der Waals surface area contributed by atoms with Gasteiger partial charge in [0.1, 0.15) is 5.58 Å². The Morgan fingerprint density at radius 3 is 1.77 bits per heavy atom. The minimum atomic E-state index is -0.537. The lowest BCUT2D eigenvalue weighted by atomic mass is 9.76. The molecular weight excluding hydrogens is 577 g/mol. The first-order chi connectivity index (χ1) is 22.8. The predicted octanol–water partition coefficient (Wildman–Crippen LogP) is 10.7. The van der Waals surface area contributed by atoms with Crippen LogP contribution in [0.1, 0.15) is 27.7 Å². The predicted molar refractivity (Wildman–Crippen MR) is 195 cm³/mol. The maximum absolute atomic E-state index is 6.94. The summed E-state index contributed by atoms with van der Waals surface area (Å²) in [5.74, 6) is 0.